The molecule has 23 heavy (non-hydrogen) atoms. The summed E-state index contributed by atoms with van der Waals surface area (Å²) in [5.41, 5.74) is 1.10. The number of hydrogen-bond acceptors (Lipinski definition) is 4. The van der Waals surface area contributed by atoms with Crippen molar-refractivity contribution in [2.75, 3.05) is 13.2 Å². The van der Waals surface area contributed by atoms with E-state index in [0.717, 1.165) is 5.56 Å². The van der Waals surface area contributed by atoms with Crippen LogP contribution in [0.15, 0.2) is 46.9 Å². The van der Waals surface area contributed by atoms with Crippen LogP contribution >= 0.6 is 0 Å². The highest BCUT2D eigenvalue weighted by molar-refractivity contribution is 5.93. The van der Waals surface area contributed by atoms with Gasteiger partial charge in [0, 0.05) is 13.2 Å². The zero-order valence-electron chi connectivity index (χ0n) is 12.8. The SMILES string of the molecule is CC(OCCCNC(=O)c1ccc(C(=O)O)o1)c1ccccc1. The van der Waals surface area contributed by atoms with E-state index in [9.17, 15) is 9.59 Å². The van der Waals surface area contributed by atoms with Crippen LogP contribution in [-0.2, 0) is 4.74 Å². The van der Waals surface area contributed by atoms with Gasteiger partial charge in [0.05, 0.1) is 6.10 Å². The van der Waals surface area contributed by atoms with Crippen LogP contribution in [0.25, 0.3) is 0 Å². The maximum Gasteiger partial charge on any atom is 0.371 e. The van der Waals surface area contributed by atoms with Gasteiger partial charge in [-0.25, -0.2) is 4.79 Å². The van der Waals surface area contributed by atoms with Crippen LogP contribution in [0.4, 0.5) is 0 Å². The molecule has 0 bridgehead atoms. The first-order chi connectivity index (χ1) is 11.1. The zero-order valence-corrected chi connectivity index (χ0v) is 12.8. The number of ether oxygens (including phenoxy) is 1. The highest BCUT2D eigenvalue weighted by Crippen LogP contribution is 2.15. The molecular weight excluding hydrogens is 298 g/mol. The van der Waals surface area contributed by atoms with Gasteiger partial charge in [0.15, 0.2) is 5.76 Å². The molecule has 0 aliphatic carbocycles. The third-order valence-electron chi connectivity index (χ3n) is 3.28. The normalized spacial score (nSPS) is 11.9. The minimum atomic E-state index is -1.20. The number of rotatable bonds is 8. The quantitative estimate of drug-likeness (QED) is 0.731. The van der Waals surface area contributed by atoms with Crippen LogP contribution in [-0.4, -0.2) is 30.1 Å². The molecule has 1 aromatic carbocycles. The maximum absolute atomic E-state index is 11.8. The molecule has 0 aliphatic heterocycles. The molecule has 0 saturated heterocycles. The lowest BCUT2D eigenvalue weighted by Gasteiger charge is -2.13. The van der Waals surface area contributed by atoms with Crippen LogP contribution in [0.1, 0.15) is 46.1 Å². The number of aromatic carboxylic acids is 1. The largest absolute Gasteiger partial charge is 0.475 e. The molecule has 0 aliphatic rings. The minimum absolute atomic E-state index is 0.00454. The van der Waals surface area contributed by atoms with Gasteiger partial charge in [-0.3, -0.25) is 4.79 Å². The lowest BCUT2D eigenvalue weighted by molar-refractivity contribution is 0.0633. The number of carboxylic acid groups (broad SMARTS) is 1. The van der Waals surface area contributed by atoms with Gasteiger partial charge >= 0.3 is 5.97 Å². The Morgan fingerprint density at radius 2 is 1.87 bits per heavy atom. The number of nitrogens with one attached hydrogen (secondary N) is 1. The van der Waals surface area contributed by atoms with Gasteiger partial charge < -0.3 is 19.6 Å². The fourth-order valence-electron chi connectivity index (χ4n) is 2.02. The van der Waals surface area contributed by atoms with Gasteiger partial charge in [0.1, 0.15) is 0 Å². The number of hydrogen-bond donors (Lipinski definition) is 2. The van der Waals surface area contributed by atoms with E-state index in [2.05, 4.69) is 5.32 Å². The Labute approximate surface area is 134 Å². The summed E-state index contributed by atoms with van der Waals surface area (Å²) in [5.74, 6) is -1.91. The van der Waals surface area contributed by atoms with Crippen LogP contribution < -0.4 is 5.32 Å². The van der Waals surface area contributed by atoms with Crippen LogP contribution in [0.5, 0.6) is 0 Å². The highest BCUT2D eigenvalue weighted by Gasteiger charge is 2.14. The van der Waals surface area contributed by atoms with E-state index in [4.69, 9.17) is 14.3 Å². The molecule has 0 radical (unpaired) electrons. The second-order valence-corrected chi connectivity index (χ2v) is 5.00. The third-order valence-corrected chi connectivity index (χ3v) is 3.28. The predicted octanol–water partition coefficient (Wildman–Crippen LogP) is 2.88. The van der Waals surface area contributed by atoms with Crippen molar-refractivity contribution in [1.82, 2.24) is 5.32 Å². The van der Waals surface area contributed by atoms with Crippen molar-refractivity contribution in [3.8, 4) is 0 Å². The van der Waals surface area contributed by atoms with Gasteiger partial charge in [-0.05, 0) is 31.0 Å². The molecule has 2 aromatic rings. The lowest BCUT2D eigenvalue weighted by Crippen LogP contribution is -2.25. The molecule has 1 heterocycles. The number of carbonyl (C=O) groups excluding carboxylic acids is 1. The summed E-state index contributed by atoms with van der Waals surface area (Å²) in [4.78, 5) is 22.4. The van der Waals surface area contributed by atoms with Crippen LogP contribution in [0.3, 0.4) is 0 Å². The Hall–Kier alpha value is -2.60. The van der Waals surface area contributed by atoms with Gasteiger partial charge in [0.2, 0.25) is 5.76 Å². The molecular formula is C17H19NO5. The van der Waals surface area contributed by atoms with E-state index < -0.39 is 11.9 Å². The van der Waals surface area contributed by atoms with E-state index in [0.29, 0.717) is 19.6 Å². The molecule has 1 aromatic heterocycles. The Kier molecular flexibility index (Phi) is 5.94. The van der Waals surface area contributed by atoms with Crippen LogP contribution in [0.2, 0.25) is 0 Å². The van der Waals surface area contributed by atoms with Gasteiger partial charge in [-0.2, -0.15) is 0 Å². The average molecular weight is 317 g/mol. The van der Waals surface area contributed by atoms with E-state index in [-0.39, 0.29) is 17.6 Å². The Bertz CT molecular complexity index is 650. The Balaban J connectivity index is 1.67. The fraction of sp³-hybridized carbons (Fsp3) is 0.294. The third kappa shape index (κ3) is 4.96. The topological polar surface area (TPSA) is 88.8 Å². The van der Waals surface area contributed by atoms with E-state index >= 15 is 0 Å². The standard InChI is InChI=1S/C17H19NO5/c1-12(13-6-3-2-4-7-13)22-11-5-10-18-16(19)14-8-9-15(23-14)17(20)21/h2-4,6-9,12H,5,10-11H2,1H3,(H,18,19)(H,20,21). The van der Waals surface area contributed by atoms with Crippen molar-refractivity contribution in [1.29, 1.82) is 0 Å². The molecule has 1 amide bonds. The van der Waals surface area contributed by atoms with E-state index in [1.165, 1.54) is 12.1 Å². The molecule has 0 fully saturated rings. The van der Waals surface area contributed by atoms with E-state index in [1.54, 1.807) is 0 Å². The maximum atomic E-state index is 11.8. The predicted molar refractivity (Wildman–Crippen MR) is 83.4 cm³/mol. The number of benzene rings is 1. The summed E-state index contributed by atoms with van der Waals surface area (Å²) in [7, 11) is 0. The van der Waals surface area contributed by atoms with Gasteiger partial charge in [-0.1, -0.05) is 30.3 Å². The summed E-state index contributed by atoms with van der Waals surface area (Å²) in [5, 5.41) is 11.4. The number of furan rings is 1. The second-order valence-electron chi connectivity index (χ2n) is 5.00. The number of carbonyl (C=O) groups is 2. The summed E-state index contributed by atoms with van der Waals surface area (Å²) in [6.45, 7) is 2.91. The van der Waals surface area contributed by atoms with Crippen molar-refractivity contribution in [3.63, 3.8) is 0 Å². The summed E-state index contributed by atoms with van der Waals surface area (Å²) in [6.07, 6.45) is 0.644. The molecule has 1 atom stereocenters. The zero-order chi connectivity index (χ0) is 16.7. The van der Waals surface area contributed by atoms with Gasteiger partial charge in [-0.15, -0.1) is 0 Å². The fourth-order valence-corrected chi connectivity index (χ4v) is 2.02. The molecule has 6 nitrogen and oxygen atoms in total. The highest BCUT2D eigenvalue weighted by atomic mass is 16.5. The van der Waals surface area contributed by atoms with Crippen molar-refractivity contribution < 1.29 is 23.8 Å². The Morgan fingerprint density at radius 1 is 1.17 bits per heavy atom. The monoisotopic (exact) mass is 317 g/mol. The summed E-state index contributed by atoms with van der Waals surface area (Å²) < 4.78 is 10.6. The number of carboxylic acids is 1. The first-order valence-corrected chi connectivity index (χ1v) is 7.36. The molecule has 6 heteroatoms. The molecule has 1 unspecified atom stereocenters. The molecule has 0 saturated carbocycles. The summed E-state index contributed by atoms with van der Waals surface area (Å²) >= 11 is 0. The van der Waals surface area contributed by atoms with E-state index in [1.807, 2.05) is 37.3 Å². The first-order valence-electron chi connectivity index (χ1n) is 7.36. The van der Waals surface area contributed by atoms with Crippen molar-refractivity contribution >= 4 is 11.9 Å². The first kappa shape index (κ1) is 16.8. The average Bonchev–Trinajstić information content (AvgIpc) is 3.05. The second kappa shape index (κ2) is 8.14. The Morgan fingerprint density at radius 3 is 2.52 bits per heavy atom. The number of amides is 1. The van der Waals surface area contributed by atoms with Gasteiger partial charge in [0.25, 0.3) is 5.91 Å². The molecule has 2 N–H and O–H groups in total. The minimum Gasteiger partial charge on any atom is -0.475 e. The summed E-state index contributed by atoms with van der Waals surface area (Å²) in [6, 6.07) is 12.5. The smallest absolute Gasteiger partial charge is 0.371 e. The molecule has 0 spiro atoms. The van der Waals surface area contributed by atoms with Crippen molar-refractivity contribution in [2.24, 2.45) is 0 Å². The van der Waals surface area contributed by atoms with Crippen LogP contribution in [0, 0.1) is 0 Å². The van der Waals surface area contributed by atoms with Crippen molar-refractivity contribution in [2.45, 2.75) is 19.4 Å². The van der Waals surface area contributed by atoms with Crippen molar-refractivity contribution in [3.05, 3.63) is 59.5 Å². The molecule has 122 valence electrons. The molecule has 2 rings (SSSR count). The lowest BCUT2D eigenvalue weighted by atomic mass is 10.1.